The van der Waals surface area contributed by atoms with Gasteiger partial charge < -0.3 is 24.6 Å². The number of fused-ring (bicyclic) bond motifs is 1. The van der Waals surface area contributed by atoms with E-state index in [0.717, 1.165) is 16.8 Å². The fourth-order valence-electron chi connectivity index (χ4n) is 2.70. The second-order valence-corrected chi connectivity index (χ2v) is 6.24. The van der Waals surface area contributed by atoms with Gasteiger partial charge in [-0.1, -0.05) is 5.16 Å². The van der Waals surface area contributed by atoms with E-state index < -0.39 is 0 Å². The standard InChI is InChI=1S/C19H21N3O5/c1-11-6-12(2)21-19(24)15(11)8-20-18(23)9-27-22-13(3)14-4-5-16-17(7-14)26-10-25-16/h4-7H,8-10H2,1-3H3,(H,20,23)(H,21,24)/b22-13-. The second-order valence-electron chi connectivity index (χ2n) is 6.24. The summed E-state index contributed by atoms with van der Waals surface area (Å²) >= 11 is 0. The zero-order valence-electron chi connectivity index (χ0n) is 15.4. The Morgan fingerprint density at radius 3 is 2.81 bits per heavy atom. The van der Waals surface area contributed by atoms with Gasteiger partial charge in [0.05, 0.1) is 5.71 Å². The number of benzene rings is 1. The monoisotopic (exact) mass is 371 g/mol. The third-order valence-electron chi connectivity index (χ3n) is 4.14. The third-order valence-corrected chi connectivity index (χ3v) is 4.14. The first-order valence-corrected chi connectivity index (χ1v) is 8.46. The summed E-state index contributed by atoms with van der Waals surface area (Å²) in [6.45, 7) is 5.50. The molecule has 0 fully saturated rings. The molecule has 3 rings (SSSR count). The van der Waals surface area contributed by atoms with Crippen molar-refractivity contribution in [2.75, 3.05) is 13.4 Å². The largest absolute Gasteiger partial charge is 0.454 e. The number of aryl methyl sites for hydroxylation is 2. The van der Waals surface area contributed by atoms with Crippen LogP contribution in [0.15, 0.2) is 34.2 Å². The Bertz CT molecular complexity index is 949. The summed E-state index contributed by atoms with van der Waals surface area (Å²) in [5.74, 6) is 0.975. The molecule has 2 heterocycles. The highest BCUT2D eigenvalue weighted by Gasteiger charge is 2.14. The van der Waals surface area contributed by atoms with E-state index in [0.29, 0.717) is 22.8 Å². The second kappa shape index (κ2) is 7.94. The Morgan fingerprint density at radius 1 is 1.26 bits per heavy atom. The first-order chi connectivity index (χ1) is 12.9. The predicted octanol–water partition coefficient (Wildman–Crippen LogP) is 1.78. The van der Waals surface area contributed by atoms with Gasteiger partial charge in [-0.05, 0) is 50.6 Å². The van der Waals surface area contributed by atoms with Gasteiger partial charge in [-0.25, -0.2) is 0 Å². The molecular weight excluding hydrogens is 350 g/mol. The number of aromatic nitrogens is 1. The maximum absolute atomic E-state index is 11.9. The van der Waals surface area contributed by atoms with Crippen molar-refractivity contribution >= 4 is 11.6 Å². The lowest BCUT2D eigenvalue weighted by Crippen LogP contribution is -2.30. The quantitative estimate of drug-likeness (QED) is 0.595. The number of amides is 1. The summed E-state index contributed by atoms with van der Waals surface area (Å²) in [4.78, 5) is 31.7. The van der Waals surface area contributed by atoms with E-state index in [1.807, 2.05) is 26.0 Å². The molecule has 2 N–H and O–H groups in total. The Labute approximate surface area is 156 Å². The lowest BCUT2D eigenvalue weighted by molar-refractivity contribution is -0.125. The van der Waals surface area contributed by atoms with Gasteiger partial charge in [0.25, 0.3) is 11.5 Å². The number of hydrogen-bond acceptors (Lipinski definition) is 6. The molecule has 2 aromatic rings. The molecule has 0 saturated heterocycles. The van der Waals surface area contributed by atoms with Crippen LogP contribution in [0.1, 0.15) is 29.3 Å². The minimum atomic E-state index is -0.364. The maximum atomic E-state index is 11.9. The van der Waals surface area contributed by atoms with Gasteiger partial charge in [0, 0.05) is 23.4 Å². The van der Waals surface area contributed by atoms with Gasteiger partial charge in [0.1, 0.15) is 0 Å². The van der Waals surface area contributed by atoms with E-state index >= 15 is 0 Å². The summed E-state index contributed by atoms with van der Waals surface area (Å²) in [6.07, 6.45) is 0. The molecule has 1 aliphatic heterocycles. The number of rotatable bonds is 6. The number of carbonyl (C=O) groups is 1. The fourth-order valence-corrected chi connectivity index (χ4v) is 2.70. The van der Waals surface area contributed by atoms with Gasteiger partial charge in [-0.15, -0.1) is 0 Å². The molecule has 0 aliphatic carbocycles. The van der Waals surface area contributed by atoms with Crippen LogP contribution in [0.25, 0.3) is 0 Å². The molecule has 1 aromatic carbocycles. The molecule has 8 nitrogen and oxygen atoms in total. The minimum Gasteiger partial charge on any atom is -0.454 e. The highest BCUT2D eigenvalue weighted by Crippen LogP contribution is 2.32. The molecule has 0 unspecified atom stereocenters. The molecule has 142 valence electrons. The lowest BCUT2D eigenvalue weighted by atomic mass is 10.1. The van der Waals surface area contributed by atoms with Crippen LogP contribution >= 0.6 is 0 Å². The van der Waals surface area contributed by atoms with Crippen LogP contribution in [0.4, 0.5) is 0 Å². The van der Waals surface area contributed by atoms with Crippen molar-refractivity contribution in [1.82, 2.24) is 10.3 Å². The fraction of sp³-hybridized carbons (Fsp3) is 0.316. The number of carbonyl (C=O) groups excluding carboxylic acids is 1. The van der Waals surface area contributed by atoms with Crippen molar-refractivity contribution < 1.29 is 19.1 Å². The van der Waals surface area contributed by atoms with Crippen LogP contribution in [0.3, 0.4) is 0 Å². The van der Waals surface area contributed by atoms with Gasteiger partial charge in [-0.3, -0.25) is 9.59 Å². The topological polar surface area (TPSA) is 102 Å². The SMILES string of the molecule is C/C(=N/OCC(=O)NCc1c(C)cc(C)[nH]c1=O)c1ccc2c(c1)OCO2. The van der Waals surface area contributed by atoms with Crippen molar-refractivity contribution in [3.05, 3.63) is 57.0 Å². The van der Waals surface area contributed by atoms with Crippen LogP contribution in [0, 0.1) is 13.8 Å². The summed E-state index contributed by atoms with van der Waals surface area (Å²) in [6, 6.07) is 7.29. The first-order valence-electron chi connectivity index (χ1n) is 8.46. The maximum Gasteiger partial charge on any atom is 0.261 e. The molecule has 0 atom stereocenters. The zero-order valence-corrected chi connectivity index (χ0v) is 15.4. The average molecular weight is 371 g/mol. The Hall–Kier alpha value is -3.29. The zero-order chi connectivity index (χ0) is 19.4. The van der Waals surface area contributed by atoms with E-state index in [2.05, 4.69) is 15.5 Å². The molecule has 0 spiro atoms. The van der Waals surface area contributed by atoms with E-state index in [1.165, 1.54) is 0 Å². The van der Waals surface area contributed by atoms with Gasteiger partial charge in [-0.2, -0.15) is 0 Å². The van der Waals surface area contributed by atoms with Crippen molar-refractivity contribution in [2.24, 2.45) is 5.16 Å². The predicted molar refractivity (Wildman–Crippen MR) is 99.1 cm³/mol. The summed E-state index contributed by atoms with van der Waals surface area (Å²) in [7, 11) is 0. The Balaban J connectivity index is 1.52. The van der Waals surface area contributed by atoms with Crippen LogP contribution in [-0.2, 0) is 16.2 Å². The van der Waals surface area contributed by atoms with Crippen LogP contribution in [-0.4, -0.2) is 30.0 Å². The molecule has 0 bridgehead atoms. The lowest BCUT2D eigenvalue weighted by Gasteiger charge is -2.08. The number of hydrogen-bond donors (Lipinski definition) is 2. The smallest absolute Gasteiger partial charge is 0.261 e. The Kier molecular flexibility index (Phi) is 5.44. The molecule has 0 saturated carbocycles. The van der Waals surface area contributed by atoms with Gasteiger partial charge in [0.2, 0.25) is 6.79 Å². The number of ether oxygens (including phenoxy) is 2. The van der Waals surface area contributed by atoms with Crippen LogP contribution in [0.2, 0.25) is 0 Å². The highest BCUT2D eigenvalue weighted by atomic mass is 16.7. The van der Waals surface area contributed by atoms with E-state index in [4.69, 9.17) is 14.3 Å². The average Bonchev–Trinajstić information content (AvgIpc) is 3.08. The Morgan fingerprint density at radius 2 is 2.04 bits per heavy atom. The molecule has 27 heavy (non-hydrogen) atoms. The number of nitrogens with one attached hydrogen (secondary N) is 2. The number of oxime groups is 1. The normalized spacial score (nSPS) is 12.8. The molecule has 0 radical (unpaired) electrons. The summed E-state index contributed by atoms with van der Waals surface area (Å²) in [5, 5.41) is 6.61. The number of aromatic amines is 1. The van der Waals surface area contributed by atoms with E-state index in [9.17, 15) is 9.59 Å². The van der Waals surface area contributed by atoms with E-state index in [1.54, 1.807) is 19.1 Å². The number of nitrogens with zero attached hydrogens (tertiary/aromatic N) is 1. The molecule has 1 amide bonds. The first kappa shape index (κ1) is 18.5. The molecular formula is C19H21N3O5. The summed E-state index contributed by atoms with van der Waals surface area (Å²) in [5.41, 5.74) is 3.34. The van der Waals surface area contributed by atoms with Crippen LogP contribution in [0.5, 0.6) is 11.5 Å². The highest BCUT2D eigenvalue weighted by molar-refractivity contribution is 5.99. The minimum absolute atomic E-state index is 0.133. The molecule has 1 aliphatic rings. The van der Waals surface area contributed by atoms with Gasteiger partial charge in [0.15, 0.2) is 18.1 Å². The molecule has 8 heteroatoms. The number of pyridine rings is 1. The van der Waals surface area contributed by atoms with Crippen molar-refractivity contribution in [1.29, 1.82) is 0 Å². The van der Waals surface area contributed by atoms with Crippen LogP contribution < -0.4 is 20.3 Å². The van der Waals surface area contributed by atoms with Crippen molar-refractivity contribution in [3.63, 3.8) is 0 Å². The van der Waals surface area contributed by atoms with E-state index in [-0.39, 0.29) is 31.4 Å². The number of H-pyrrole nitrogens is 1. The van der Waals surface area contributed by atoms with Gasteiger partial charge >= 0.3 is 0 Å². The van der Waals surface area contributed by atoms with Crippen molar-refractivity contribution in [2.45, 2.75) is 27.3 Å². The van der Waals surface area contributed by atoms with Crippen molar-refractivity contribution in [3.8, 4) is 11.5 Å². The third kappa shape index (κ3) is 4.46. The summed E-state index contributed by atoms with van der Waals surface area (Å²) < 4.78 is 10.6. The molecule has 1 aromatic heterocycles.